The normalized spacial score (nSPS) is 12.5. The van der Waals surface area contributed by atoms with E-state index in [-0.39, 0.29) is 12.5 Å². The third kappa shape index (κ3) is 3.46. The molecule has 1 amide bonds. The molecule has 0 saturated heterocycles. The van der Waals surface area contributed by atoms with Gasteiger partial charge in [-0.2, -0.15) is 0 Å². The van der Waals surface area contributed by atoms with E-state index in [4.69, 9.17) is 5.11 Å². The summed E-state index contributed by atoms with van der Waals surface area (Å²) in [5.74, 6) is -0.142. The van der Waals surface area contributed by atoms with Crippen LogP contribution in [0.1, 0.15) is 16.6 Å². The number of hydrogen-bond donors (Lipinski definition) is 2. The number of nitrogens with one attached hydrogen (secondary N) is 1. The van der Waals surface area contributed by atoms with Gasteiger partial charge in [0.15, 0.2) is 0 Å². The lowest BCUT2D eigenvalue weighted by atomic mass is 10.4. The predicted octanol–water partition coefficient (Wildman–Crippen LogP) is 1.62. The zero-order valence-electron chi connectivity index (χ0n) is 7.08. The minimum Gasteiger partial charge on any atom is -0.392 e. The third-order valence-electron chi connectivity index (χ3n) is 1.36. The van der Waals surface area contributed by atoms with Gasteiger partial charge in [-0.3, -0.25) is 4.79 Å². The van der Waals surface area contributed by atoms with E-state index in [0.29, 0.717) is 4.88 Å². The minimum atomic E-state index is -0.507. The summed E-state index contributed by atoms with van der Waals surface area (Å²) < 4.78 is 0.926. The van der Waals surface area contributed by atoms with E-state index in [2.05, 4.69) is 21.2 Å². The summed E-state index contributed by atoms with van der Waals surface area (Å²) in [6.07, 6.45) is -0.507. The monoisotopic (exact) mass is 263 g/mol. The molecule has 1 heterocycles. The van der Waals surface area contributed by atoms with Crippen molar-refractivity contribution in [2.24, 2.45) is 0 Å². The molecule has 0 aliphatic rings. The van der Waals surface area contributed by atoms with Crippen molar-refractivity contribution in [3.05, 3.63) is 20.8 Å². The van der Waals surface area contributed by atoms with E-state index in [1.54, 1.807) is 13.0 Å². The number of carbonyl (C=O) groups is 1. The van der Waals surface area contributed by atoms with Gasteiger partial charge < -0.3 is 10.4 Å². The second-order valence-corrected chi connectivity index (χ2v) is 5.13. The second kappa shape index (κ2) is 4.74. The zero-order valence-corrected chi connectivity index (χ0v) is 9.48. The average molecular weight is 264 g/mol. The molecule has 13 heavy (non-hydrogen) atoms. The van der Waals surface area contributed by atoms with E-state index in [0.717, 1.165) is 3.79 Å². The largest absolute Gasteiger partial charge is 0.392 e. The van der Waals surface area contributed by atoms with Crippen LogP contribution in [0.3, 0.4) is 0 Å². The summed E-state index contributed by atoms with van der Waals surface area (Å²) in [6, 6.07) is 3.56. The van der Waals surface area contributed by atoms with Gasteiger partial charge in [-0.05, 0) is 35.0 Å². The van der Waals surface area contributed by atoms with Crippen LogP contribution in [0, 0.1) is 0 Å². The van der Waals surface area contributed by atoms with Crippen molar-refractivity contribution in [3.63, 3.8) is 0 Å². The zero-order chi connectivity index (χ0) is 9.84. The van der Waals surface area contributed by atoms with Crippen LogP contribution in [-0.4, -0.2) is 23.7 Å². The van der Waals surface area contributed by atoms with E-state index in [1.807, 2.05) is 6.07 Å². The van der Waals surface area contributed by atoms with E-state index in [9.17, 15) is 4.79 Å². The van der Waals surface area contributed by atoms with Crippen LogP contribution in [0.5, 0.6) is 0 Å². The molecule has 0 radical (unpaired) electrons. The molecule has 72 valence electrons. The van der Waals surface area contributed by atoms with Crippen LogP contribution in [0.25, 0.3) is 0 Å². The molecule has 3 nitrogen and oxygen atoms in total. The maximum atomic E-state index is 11.3. The minimum absolute atomic E-state index is 0.142. The molecule has 0 aliphatic carbocycles. The van der Waals surface area contributed by atoms with E-state index in [1.165, 1.54) is 11.3 Å². The Bertz CT molecular complexity index is 298. The van der Waals surface area contributed by atoms with Gasteiger partial charge in [0, 0.05) is 6.54 Å². The van der Waals surface area contributed by atoms with Crippen LogP contribution < -0.4 is 5.32 Å². The van der Waals surface area contributed by atoms with Crippen LogP contribution in [0.15, 0.2) is 15.9 Å². The molecule has 0 bridgehead atoms. The van der Waals surface area contributed by atoms with Crippen molar-refractivity contribution >= 4 is 33.2 Å². The first kappa shape index (κ1) is 10.7. The summed E-state index contributed by atoms with van der Waals surface area (Å²) in [4.78, 5) is 12.0. The number of halogens is 1. The molecule has 0 aliphatic heterocycles. The molecule has 1 unspecified atom stereocenters. The topological polar surface area (TPSA) is 49.3 Å². The fourth-order valence-corrected chi connectivity index (χ4v) is 2.07. The van der Waals surface area contributed by atoms with Crippen molar-refractivity contribution in [2.75, 3.05) is 6.54 Å². The summed E-state index contributed by atoms with van der Waals surface area (Å²) in [5.41, 5.74) is 0. The Kier molecular flexibility index (Phi) is 3.90. The first-order chi connectivity index (χ1) is 6.09. The standard InChI is InChI=1S/C8H10BrNO2S/c1-5(11)4-10-8(12)6-2-3-7(9)13-6/h2-3,5,11H,4H2,1H3,(H,10,12). The maximum Gasteiger partial charge on any atom is 0.261 e. The van der Waals surface area contributed by atoms with Crippen LogP contribution in [0.2, 0.25) is 0 Å². The van der Waals surface area contributed by atoms with Crippen molar-refractivity contribution in [3.8, 4) is 0 Å². The lowest BCUT2D eigenvalue weighted by Crippen LogP contribution is -2.29. The number of hydrogen-bond acceptors (Lipinski definition) is 3. The van der Waals surface area contributed by atoms with Gasteiger partial charge >= 0.3 is 0 Å². The molecular formula is C8H10BrNO2S. The number of rotatable bonds is 3. The summed E-state index contributed by atoms with van der Waals surface area (Å²) >= 11 is 4.64. The van der Waals surface area contributed by atoms with Crippen LogP contribution >= 0.6 is 27.3 Å². The molecule has 1 atom stereocenters. The molecule has 1 aromatic rings. The fraction of sp³-hybridized carbons (Fsp3) is 0.375. The molecule has 0 saturated carbocycles. The van der Waals surface area contributed by atoms with Gasteiger partial charge in [-0.25, -0.2) is 0 Å². The summed E-state index contributed by atoms with van der Waals surface area (Å²) in [7, 11) is 0. The molecule has 0 fully saturated rings. The van der Waals surface area contributed by atoms with Gasteiger partial charge in [0.2, 0.25) is 0 Å². The summed E-state index contributed by atoms with van der Waals surface area (Å²) in [5, 5.41) is 11.5. The molecular weight excluding hydrogens is 254 g/mol. The second-order valence-electron chi connectivity index (χ2n) is 2.66. The smallest absolute Gasteiger partial charge is 0.261 e. The number of carbonyl (C=O) groups excluding carboxylic acids is 1. The highest BCUT2D eigenvalue weighted by atomic mass is 79.9. The van der Waals surface area contributed by atoms with Crippen molar-refractivity contribution < 1.29 is 9.90 Å². The van der Waals surface area contributed by atoms with Crippen molar-refractivity contribution in [1.82, 2.24) is 5.32 Å². The molecule has 1 rings (SSSR count). The average Bonchev–Trinajstić information content (AvgIpc) is 2.47. The van der Waals surface area contributed by atoms with Gasteiger partial charge in [0.1, 0.15) is 0 Å². The van der Waals surface area contributed by atoms with Crippen LogP contribution in [0.4, 0.5) is 0 Å². The Morgan fingerprint density at radius 1 is 1.77 bits per heavy atom. The van der Waals surface area contributed by atoms with Gasteiger partial charge in [0.05, 0.1) is 14.8 Å². The van der Waals surface area contributed by atoms with Gasteiger partial charge in [0.25, 0.3) is 5.91 Å². The lowest BCUT2D eigenvalue weighted by molar-refractivity contribution is 0.0928. The predicted molar refractivity (Wildman–Crippen MR) is 56.0 cm³/mol. The van der Waals surface area contributed by atoms with E-state index < -0.39 is 6.10 Å². The first-order valence-corrected chi connectivity index (χ1v) is 5.42. The molecule has 0 aromatic carbocycles. The molecule has 1 aromatic heterocycles. The highest BCUT2D eigenvalue weighted by Gasteiger charge is 2.08. The summed E-state index contributed by atoms with van der Waals surface area (Å²) in [6.45, 7) is 1.92. The highest BCUT2D eigenvalue weighted by molar-refractivity contribution is 9.11. The Balaban J connectivity index is 2.49. The molecule has 0 spiro atoms. The number of aliphatic hydroxyl groups excluding tert-OH is 1. The van der Waals surface area contributed by atoms with Crippen molar-refractivity contribution in [2.45, 2.75) is 13.0 Å². The SMILES string of the molecule is CC(O)CNC(=O)c1ccc(Br)s1. The quantitative estimate of drug-likeness (QED) is 0.871. The molecule has 2 N–H and O–H groups in total. The van der Waals surface area contributed by atoms with Gasteiger partial charge in [-0.1, -0.05) is 0 Å². The Hall–Kier alpha value is -0.390. The Morgan fingerprint density at radius 3 is 2.92 bits per heavy atom. The van der Waals surface area contributed by atoms with E-state index >= 15 is 0 Å². The Labute approximate surface area is 88.9 Å². The maximum absolute atomic E-state index is 11.3. The molecule has 5 heteroatoms. The number of amides is 1. The highest BCUT2D eigenvalue weighted by Crippen LogP contribution is 2.21. The number of aliphatic hydroxyl groups is 1. The lowest BCUT2D eigenvalue weighted by Gasteiger charge is -2.04. The number of thiophene rings is 1. The third-order valence-corrected chi connectivity index (χ3v) is 2.98. The fourth-order valence-electron chi connectivity index (χ4n) is 0.764. The van der Waals surface area contributed by atoms with Gasteiger partial charge in [-0.15, -0.1) is 11.3 Å². The first-order valence-electron chi connectivity index (χ1n) is 3.81. The van der Waals surface area contributed by atoms with Crippen molar-refractivity contribution in [1.29, 1.82) is 0 Å². The van der Waals surface area contributed by atoms with Crippen LogP contribution in [-0.2, 0) is 0 Å². The Morgan fingerprint density at radius 2 is 2.46 bits per heavy atom.